The SMILES string of the molecule is Cc1ccccc1-c1cc2c3c(c1C)N(c1cccc4ccccc14)c1c(ccc4ccccc14)B3n1c3ccccc3c3cccc-2c31. The van der Waals surface area contributed by atoms with Crippen molar-refractivity contribution in [3.63, 3.8) is 0 Å². The molecule has 3 heteroatoms. The Balaban J connectivity index is 1.40. The van der Waals surface area contributed by atoms with Gasteiger partial charge in [0.2, 0.25) is 0 Å². The van der Waals surface area contributed by atoms with E-state index in [0.29, 0.717) is 0 Å². The second-order valence-electron chi connectivity index (χ2n) is 13.7. The summed E-state index contributed by atoms with van der Waals surface area (Å²) in [5.74, 6) is 0. The van der Waals surface area contributed by atoms with E-state index in [-0.39, 0.29) is 6.85 Å². The molecule has 0 amide bonds. The largest absolute Gasteiger partial charge is 0.375 e. The van der Waals surface area contributed by atoms with Crippen LogP contribution in [-0.4, -0.2) is 11.3 Å². The lowest BCUT2D eigenvalue weighted by atomic mass is 9.44. The highest BCUT2D eigenvalue weighted by atomic mass is 15.2. The van der Waals surface area contributed by atoms with Crippen LogP contribution in [0.1, 0.15) is 11.1 Å². The van der Waals surface area contributed by atoms with E-state index in [1.54, 1.807) is 0 Å². The molecule has 0 N–H and O–H groups in total. The van der Waals surface area contributed by atoms with Crippen LogP contribution in [0.4, 0.5) is 17.1 Å². The number of hydrogen-bond acceptors (Lipinski definition) is 1. The van der Waals surface area contributed by atoms with Crippen molar-refractivity contribution < 1.29 is 0 Å². The molecular formula is C46H31BN2. The summed E-state index contributed by atoms with van der Waals surface area (Å²) in [6.07, 6.45) is 0. The molecule has 0 spiro atoms. The zero-order valence-electron chi connectivity index (χ0n) is 27.4. The van der Waals surface area contributed by atoms with Crippen LogP contribution in [0.2, 0.25) is 0 Å². The molecule has 11 rings (SSSR count). The molecule has 0 unspecified atom stereocenters. The molecule has 0 bridgehead atoms. The van der Waals surface area contributed by atoms with Gasteiger partial charge in [0.15, 0.2) is 0 Å². The van der Waals surface area contributed by atoms with Crippen LogP contribution in [0.25, 0.3) is 65.6 Å². The first kappa shape index (κ1) is 27.0. The van der Waals surface area contributed by atoms with Gasteiger partial charge in [-0.3, -0.25) is 0 Å². The zero-order chi connectivity index (χ0) is 32.4. The first-order valence-corrected chi connectivity index (χ1v) is 17.2. The van der Waals surface area contributed by atoms with E-state index in [4.69, 9.17) is 0 Å². The van der Waals surface area contributed by atoms with Gasteiger partial charge in [0.1, 0.15) is 0 Å². The molecule has 2 aliphatic rings. The van der Waals surface area contributed by atoms with Gasteiger partial charge in [0, 0.05) is 43.8 Å². The smallest absolute Gasteiger partial charge is 0.333 e. The highest BCUT2D eigenvalue weighted by molar-refractivity contribution is 6.90. The molecule has 0 fully saturated rings. The molecule has 49 heavy (non-hydrogen) atoms. The fourth-order valence-electron chi connectivity index (χ4n) is 9.19. The predicted octanol–water partition coefficient (Wildman–Crippen LogP) is 10.8. The van der Waals surface area contributed by atoms with Gasteiger partial charge in [-0.15, -0.1) is 0 Å². The number of aryl methyl sites for hydroxylation is 1. The van der Waals surface area contributed by atoms with Crippen molar-refractivity contribution in [2.75, 3.05) is 4.90 Å². The van der Waals surface area contributed by atoms with Crippen LogP contribution in [0.5, 0.6) is 0 Å². The van der Waals surface area contributed by atoms with Gasteiger partial charge in [-0.2, -0.15) is 0 Å². The van der Waals surface area contributed by atoms with Gasteiger partial charge < -0.3 is 9.38 Å². The van der Waals surface area contributed by atoms with Crippen molar-refractivity contribution in [3.05, 3.63) is 163 Å². The van der Waals surface area contributed by atoms with Crippen LogP contribution >= 0.6 is 0 Å². The predicted molar refractivity (Wildman–Crippen MR) is 210 cm³/mol. The molecule has 0 radical (unpaired) electrons. The first-order chi connectivity index (χ1) is 24.2. The summed E-state index contributed by atoms with van der Waals surface area (Å²) in [5, 5.41) is 7.64. The Morgan fingerprint density at radius 3 is 1.98 bits per heavy atom. The fraction of sp³-hybridized carbons (Fsp3) is 0.0435. The van der Waals surface area contributed by atoms with Gasteiger partial charge >= 0.3 is 6.85 Å². The maximum atomic E-state index is 2.66. The summed E-state index contributed by atoms with van der Waals surface area (Å²) in [4.78, 5) is 2.63. The molecule has 8 aromatic carbocycles. The molecule has 0 atom stereocenters. The molecule has 9 aromatic rings. The number of para-hydroxylation sites is 2. The van der Waals surface area contributed by atoms with Crippen LogP contribution in [0.3, 0.4) is 0 Å². The highest BCUT2D eigenvalue weighted by Gasteiger charge is 2.44. The van der Waals surface area contributed by atoms with Crippen LogP contribution < -0.4 is 15.8 Å². The van der Waals surface area contributed by atoms with Crippen molar-refractivity contribution in [3.8, 4) is 22.3 Å². The average molecular weight is 623 g/mol. The van der Waals surface area contributed by atoms with E-state index in [2.05, 4.69) is 175 Å². The molecule has 2 aliphatic heterocycles. The maximum absolute atomic E-state index is 2.66. The number of rotatable bonds is 2. The molecule has 3 heterocycles. The van der Waals surface area contributed by atoms with Crippen molar-refractivity contribution in [1.82, 2.24) is 4.48 Å². The standard InChI is InChI=1S/C46H31BN2/c1-28-13-3-6-17-32(28)38-27-39-37-22-12-21-36-35-20-9-10-23-42(35)49(45(36)37)47-40-26-25-31-15-5-8-19-34(31)46(40)48(44(29(38)2)43(39)47)41-24-11-16-30-14-4-7-18-33(30)41/h3-27H,1-2H3. The molecule has 0 saturated carbocycles. The van der Waals surface area contributed by atoms with E-state index in [1.807, 2.05) is 0 Å². The van der Waals surface area contributed by atoms with E-state index in [1.165, 1.54) is 105 Å². The Bertz CT molecular complexity index is 2870. The van der Waals surface area contributed by atoms with Gasteiger partial charge in [-0.1, -0.05) is 133 Å². The second-order valence-corrected chi connectivity index (χ2v) is 13.7. The monoisotopic (exact) mass is 622 g/mol. The van der Waals surface area contributed by atoms with Gasteiger partial charge in [0.05, 0.1) is 11.4 Å². The lowest BCUT2D eigenvalue weighted by Gasteiger charge is -2.43. The third kappa shape index (κ3) is 3.47. The summed E-state index contributed by atoms with van der Waals surface area (Å²) in [7, 11) is 0. The first-order valence-electron chi connectivity index (χ1n) is 17.2. The Kier molecular flexibility index (Phi) is 5.36. The summed E-state index contributed by atoms with van der Waals surface area (Å²) in [6, 6.07) is 56.6. The molecule has 0 aliphatic carbocycles. The Labute approximate surface area is 285 Å². The summed E-state index contributed by atoms with van der Waals surface area (Å²) >= 11 is 0. The maximum Gasteiger partial charge on any atom is 0.333 e. The van der Waals surface area contributed by atoms with E-state index in [0.717, 1.165) is 0 Å². The lowest BCUT2D eigenvalue weighted by molar-refractivity contribution is 1.25. The van der Waals surface area contributed by atoms with Crippen molar-refractivity contribution in [1.29, 1.82) is 0 Å². The highest BCUT2D eigenvalue weighted by Crippen LogP contribution is 2.50. The van der Waals surface area contributed by atoms with Crippen LogP contribution in [0, 0.1) is 13.8 Å². The van der Waals surface area contributed by atoms with Crippen LogP contribution in [-0.2, 0) is 0 Å². The van der Waals surface area contributed by atoms with Crippen LogP contribution in [0.15, 0.2) is 152 Å². The number of anilines is 3. The quantitative estimate of drug-likeness (QED) is 0.174. The second kappa shape index (κ2) is 9.75. The number of nitrogens with zero attached hydrogens (tertiary/aromatic N) is 2. The van der Waals surface area contributed by atoms with E-state index >= 15 is 0 Å². The zero-order valence-corrected chi connectivity index (χ0v) is 27.4. The molecule has 2 nitrogen and oxygen atoms in total. The molecule has 228 valence electrons. The minimum atomic E-state index is 0.0118. The number of fused-ring (bicyclic) bond motifs is 10. The molecule has 1 aromatic heterocycles. The van der Waals surface area contributed by atoms with Crippen molar-refractivity contribution in [2.45, 2.75) is 13.8 Å². The van der Waals surface area contributed by atoms with Gasteiger partial charge in [0.25, 0.3) is 0 Å². The normalized spacial score (nSPS) is 13.0. The molecule has 0 saturated heterocycles. The third-order valence-corrected chi connectivity index (χ3v) is 11.3. The summed E-state index contributed by atoms with van der Waals surface area (Å²) < 4.78 is 2.66. The Morgan fingerprint density at radius 2 is 1.12 bits per heavy atom. The number of aromatic nitrogens is 1. The lowest BCUT2D eigenvalue weighted by Crippen LogP contribution is -2.57. The topological polar surface area (TPSA) is 8.17 Å². The van der Waals surface area contributed by atoms with Crippen molar-refractivity contribution >= 4 is 78.2 Å². The van der Waals surface area contributed by atoms with Gasteiger partial charge in [-0.05, 0) is 81.6 Å². The number of hydrogen-bond donors (Lipinski definition) is 0. The average Bonchev–Trinajstić information content (AvgIpc) is 3.49. The van der Waals surface area contributed by atoms with E-state index < -0.39 is 0 Å². The Morgan fingerprint density at radius 1 is 0.469 bits per heavy atom. The minimum Gasteiger partial charge on any atom is -0.375 e. The minimum absolute atomic E-state index is 0.0118. The Hall–Kier alpha value is -6.06. The van der Waals surface area contributed by atoms with E-state index in [9.17, 15) is 0 Å². The third-order valence-electron chi connectivity index (χ3n) is 11.3. The summed E-state index contributed by atoms with van der Waals surface area (Å²) in [5.41, 5.74) is 16.9. The fourth-order valence-corrected chi connectivity index (χ4v) is 9.19. The summed E-state index contributed by atoms with van der Waals surface area (Å²) in [6.45, 7) is 4.61. The molecular weight excluding hydrogens is 591 g/mol. The number of benzene rings is 8. The van der Waals surface area contributed by atoms with Gasteiger partial charge in [-0.25, -0.2) is 0 Å². The van der Waals surface area contributed by atoms with Crippen molar-refractivity contribution in [2.24, 2.45) is 0 Å².